The number of anilines is 1. The number of carbonyl (C=O) groups is 1. The van der Waals surface area contributed by atoms with Gasteiger partial charge in [-0.1, -0.05) is 36.8 Å². The van der Waals surface area contributed by atoms with Crippen molar-refractivity contribution in [2.45, 2.75) is 32.9 Å². The van der Waals surface area contributed by atoms with Crippen LogP contribution in [-0.2, 0) is 11.3 Å². The van der Waals surface area contributed by atoms with E-state index in [1.807, 2.05) is 6.92 Å². The van der Waals surface area contributed by atoms with Crippen molar-refractivity contribution in [1.29, 1.82) is 0 Å². The molecule has 1 N–H and O–H groups in total. The van der Waals surface area contributed by atoms with Gasteiger partial charge in [0.05, 0.1) is 17.2 Å². The first-order valence-electron chi connectivity index (χ1n) is 8.00. The summed E-state index contributed by atoms with van der Waals surface area (Å²) >= 11 is 3.34. The quantitative estimate of drug-likeness (QED) is 0.686. The van der Waals surface area contributed by atoms with Crippen molar-refractivity contribution in [1.82, 2.24) is 24.5 Å². The number of carbonyl (C=O) groups excluding carboxylic acids is 1. The molecule has 1 unspecified atom stereocenters. The maximum Gasteiger partial charge on any atom is 0.251 e. The van der Waals surface area contributed by atoms with Gasteiger partial charge in [-0.3, -0.25) is 14.8 Å². The van der Waals surface area contributed by atoms with Gasteiger partial charge in [0.2, 0.25) is 5.95 Å². The SMILES string of the molecule is CCC(C(=O)Nc1ncn(Cc2ccc(C)cc2)n1)n1cc(Br)cn1. The van der Waals surface area contributed by atoms with E-state index in [1.54, 1.807) is 28.1 Å². The topological polar surface area (TPSA) is 77.6 Å². The first-order chi connectivity index (χ1) is 12.0. The Kier molecular flexibility index (Phi) is 5.28. The average Bonchev–Trinajstić information content (AvgIpc) is 3.20. The summed E-state index contributed by atoms with van der Waals surface area (Å²) in [6, 6.07) is 7.82. The largest absolute Gasteiger partial charge is 0.291 e. The molecular formula is C17H19BrN6O. The standard InChI is InChI=1S/C17H19BrN6O/c1-3-15(24-10-14(18)8-20-24)16(25)21-17-19-11-23(22-17)9-13-6-4-12(2)5-7-13/h4-8,10-11,15H,3,9H2,1-2H3,(H,21,22,25). The van der Waals surface area contributed by atoms with Crippen molar-refractivity contribution in [2.75, 3.05) is 5.32 Å². The third kappa shape index (κ3) is 4.33. The van der Waals surface area contributed by atoms with Crippen LogP contribution in [-0.4, -0.2) is 30.5 Å². The number of halogens is 1. The molecule has 3 aromatic rings. The van der Waals surface area contributed by atoms with Crippen LogP contribution in [0.25, 0.3) is 0 Å². The highest BCUT2D eigenvalue weighted by molar-refractivity contribution is 9.10. The minimum Gasteiger partial charge on any atom is -0.291 e. The van der Waals surface area contributed by atoms with Crippen molar-refractivity contribution >= 4 is 27.8 Å². The molecule has 0 saturated carbocycles. The van der Waals surface area contributed by atoms with Gasteiger partial charge < -0.3 is 0 Å². The Morgan fingerprint density at radius 3 is 2.72 bits per heavy atom. The summed E-state index contributed by atoms with van der Waals surface area (Å²) < 4.78 is 4.16. The highest BCUT2D eigenvalue weighted by Gasteiger charge is 2.20. The van der Waals surface area contributed by atoms with Crippen LogP contribution in [0.3, 0.4) is 0 Å². The van der Waals surface area contributed by atoms with Crippen LogP contribution in [0.2, 0.25) is 0 Å². The Morgan fingerprint density at radius 2 is 2.08 bits per heavy atom. The summed E-state index contributed by atoms with van der Waals surface area (Å²) in [6.45, 7) is 4.59. The number of rotatable bonds is 6. The Hall–Kier alpha value is -2.48. The van der Waals surface area contributed by atoms with E-state index < -0.39 is 6.04 Å². The fourth-order valence-corrected chi connectivity index (χ4v) is 2.78. The van der Waals surface area contributed by atoms with Crippen LogP contribution in [0.15, 0.2) is 47.5 Å². The summed E-state index contributed by atoms with van der Waals surface area (Å²) in [7, 11) is 0. The Labute approximate surface area is 154 Å². The van der Waals surface area contributed by atoms with Gasteiger partial charge in [-0.2, -0.15) is 5.10 Å². The second-order valence-electron chi connectivity index (χ2n) is 5.80. The molecule has 0 bridgehead atoms. The lowest BCUT2D eigenvalue weighted by Crippen LogP contribution is -2.26. The molecule has 0 fully saturated rings. The van der Waals surface area contributed by atoms with Gasteiger partial charge in [-0.05, 0) is 34.8 Å². The number of nitrogens with zero attached hydrogens (tertiary/aromatic N) is 5. The normalized spacial score (nSPS) is 12.1. The summed E-state index contributed by atoms with van der Waals surface area (Å²) in [4.78, 5) is 16.6. The van der Waals surface area contributed by atoms with E-state index in [4.69, 9.17) is 0 Å². The number of hydrogen-bond acceptors (Lipinski definition) is 4. The molecule has 0 saturated heterocycles. The van der Waals surface area contributed by atoms with Gasteiger partial charge in [0.25, 0.3) is 5.91 Å². The minimum absolute atomic E-state index is 0.189. The van der Waals surface area contributed by atoms with E-state index in [-0.39, 0.29) is 5.91 Å². The zero-order chi connectivity index (χ0) is 17.8. The van der Waals surface area contributed by atoms with Gasteiger partial charge in [0.1, 0.15) is 12.4 Å². The third-order valence-electron chi connectivity index (χ3n) is 3.82. The Morgan fingerprint density at radius 1 is 1.32 bits per heavy atom. The second-order valence-corrected chi connectivity index (χ2v) is 6.72. The predicted octanol–water partition coefficient (Wildman–Crippen LogP) is 3.18. The fourth-order valence-electron chi connectivity index (χ4n) is 2.48. The summed E-state index contributed by atoms with van der Waals surface area (Å²) in [5.41, 5.74) is 2.34. The second kappa shape index (κ2) is 7.60. The molecule has 2 aromatic heterocycles. The molecular weight excluding hydrogens is 384 g/mol. The van der Waals surface area contributed by atoms with E-state index in [9.17, 15) is 4.79 Å². The van der Waals surface area contributed by atoms with Gasteiger partial charge in [-0.15, -0.1) is 5.10 Å². The molecule has 130 valence electrons. The molecule has 1 aromatic carbocycles. The molecule has 1 atom stereocenters. The molecule has 0 aliphatic carbocycles. The highest BCUT2D eigenvalue weighted by Crippen LogP contribution is 2.16. The number of hydrogen-bond donors (Lipinski definition) is 1. The average molecular weight is 403 g/mol. The van der Waals surface area contributed by atoms with E-state index in [1.165, 1.54) is 5.56 Å². The lowest BCUT2D eigenvalue weighted by atomic mass is 10.1. The summed E-state index contributed by atoms with van der Waals surface area (Å²) in [5.74, 6) is 0.105. The number of amides is 1. The van der Waals surface area contributed by atoms with Crippen molar-refractivity contribution in [2.24, 2.45) is 0 Å². The number of aromatic nitrogens is 5. The van der Waals surface area contributed by atoms with Crippen LogP contribution >= 0.6 is 15.9 Å². The number of benzene rings is 1. The van der Waals surface area contributed by atoms with Gasteiger partial charge in [-0.25, -0.2) is 9.67 Å². The number of aryl methyl sites for hydroxylation is 1. The minimum atomic E-state index is -0.407. The first-order valence-corrected chi connectivity index (χ1v) is 8.80. The zero-order valence-electron chi connectivity index (χ0n) is 14.1. The van der Waals surface area contributed by atoms with E-state index in [0.29, 0.717) is 18.9 Å². The molecule has 0 aliphatic heterocycles. The molecule has 25 heavy (non-hydrogen) atoms. The maximum atomic E-state index is 12.5. The molecule has 7 nitrogen and oxygen atoms in total. The van der Waals surface area contributed by atoms with Gasteiger partial charge in [0.15, 0.2) is 0 Å². The van der Waals surface area contributed by atoms with Gasteiger partial charge >= 0.3 is 0 Å². The molecule has 0 aliphatic rings. The van der Waals surface area contributed by atoms with Crippen molar-refractivity contribution in [3.8, 4) is 0 Å². The Bertz CT molecular complexity index is 854. The lowest BCUT2D eigenvalue weighted by Gasteiger charge is -2.13. The molecule has 1 amide bonds. The highest BCUT2D eigenvalue weighted by atomic mass is 79.9. The van der Waals surface area contributed by atoms with E-state index in [0.717, 1.165) is 10.0 Å². The van der Waals surface area contributed by atoms with Gasteiger partial charge in [0, 0.05) is 6.20 Å². The van der Waals surface area contributed by atoms with Crippen LogP contribution in [0, 0.1) is 6.92 Å². The summed E-state index contributed by atoms with van der Waals surface area (Å²) in [6.07, 6.45) is 5.66. The van der Waals surface area contributed by atoms with Crippen molar-refractivity contribution < 1.29 is 4.79 Å². The van der Waals surface area contributed by atoms with Crippen LogP contribution in [0.5, 0.6) is 0 Å². The van der Waals surface area contributed by atoms with E-state index >= 15 is 0 Å². The molecule has 2 heterocycles. The molecule has 8 heteroatoms. The van der Waals surface area contributed by atoms with Crippen molar-refractivity contribution in [3.05, 3.63) is 58.6 Å². The van der Waals surface area contributed by atoms with Crippen LogP contribution in [0.1, 0.15) is 30.5 Å². The van der Waals surface area contributed by atoms with Crippen LogP contribution in [0.4, 0.5) is 5.95 Å². The Balaban J connectivity index is 1.65. The molecule has 0 spiro atoms. The molecule has 0 radical (unpaired) electrons. The fraction of sp³-hybridized carbons (Fsp3) is 0.294. The third-order valence-corrected chi connectivity index (χ3v) is 4.22. The maximum absolute atomic E-state index is 12.5. The lowest BCUT2D eigenvalue weighted by molar-refractivity contribution is -0.119. The van der Waals surface area contributed by atoms with Crippen molar-refractivity contribution in [3.63, 3.8) is 0 Å². The number of nitrogens with one attached hydrogen (secondary N) is 1. The van der Waals surface area contributed by atoms with Crippen LogP contribution < -0.4 is 5.32 Å². The van der Waals surface area contributed by atoms with E-state index in [2.05, 4.69) is 67.6 Å². The first kappa shape index (κ1) is 17.3. The zero-order valence-corrected chi connectivity index (χ0v) is 15.6. The predicted molar refractivity (Wildman–Crippen MR) is 98.2 cm³/mol. The smallest absolute Gasteiger partial charge is 0.251 e. The monoisotopic (exact) mass is 402 g/mol. The molecule has 3 rings (SSSR count). The summed E-state index contributed by atoms with van der Waals surface area (Å²) in [5, 5.41) is 11.3.